The molecule has 0 amide bonds. The van der Waals surface area contributed by atoms with Crippen molar-refractivity contribution in [2.24, 2.45) is 0 Å². The van der Waals surface area contributed by atoms with E-state index >= 15 is 0 Å². The summed E-state index contributed by atoms with van der Waals surface area (Å²) in [4.78, 5) is 0. The molecule has 16 heavy (non-hydrogen) atoms. The van der Waals surface area contributed by atoms with Gasteiger partial charge in [-0.25, -0.2) is 0 Å². The van der Waals surface area contributed by atoms with Gasteiger partial charge < -0.3 is 5.32 Å². The molecule has 2 aliphatic rings. The first-order chi connectivity index (χ1) is 7.97. The van der Waals surface area contributed by atoms with Gasteiger partial charge in [-0.15, -0.1) is 0 Å². The lowest BCUT2D eigenvalue weighted by Gasteiger charge is -2.13. The van der Waals surface area contributed by atoms with Crippen LogP contribution in [-0.4, -0.2) is 13.1 Å². The SMILES string of the molecule is C1CCNCC1.c1ccc2c(c1)CCCC2. The number of benzene rings is 1. The minimum absolute atomic E-state index is 1.25. The minimum Gasteiger partial charge on any atom is -0.317 e. The molecule has 0 radical (unpaired) electrons. The molecule has 1 aromatic carbocycles. The summed E-state index contributed by atoms with van der Waals surface area (Å²) in [6.07, 6.45) is 9.59. The van der Waals surface area contributed by atoms with Crippen molar-refractivity contribution in [1.29, 1.82) is 0 Å². The molecule has 0 unspecified atom stereocenters. The summed E-state index contributed by atoms with van der Waals surface area (Å²) >= 11 is 0. The number of hydrogen-bond acceptors (Lipinski definition) is 1. The minimum atomic E-state index is 1.25. The molecule has 0 bridgehead atoms. The lowest BCUT2D eigenvalue weighted by molar-refractivity contribution is 0.520. The van der Waals surface area contributed by atoms with Crippen LogP contribution in [0.3, 0.4) is 0 Å². The highest BCUT2D eigenvalue weighted by Crippen LogP contribution is 2.19. The van der Waals surface area contributed by atoms with Gasteiger partial charge in [0.25, 0.3) is 0 Å². The Morgan fingerprint density at radius 1 is 0.688 bits per heavy atom. The molecule has 1 fully saturated rings. The van der Waals surface area contributed by atoms with Gasteiger partial charge in [-0.3, -0.25) is 0 Å². The lowest BCUT2D eigenvalue weighted by atomic mass is 9.92. The second-order valence-corrected chi connectivity index (χ2v) is 4.79. The van der Waals surface area contributed by atoms with E-state index in [1.165, 1.54) is 58.0 Å². The molecule has 1 N–H and O–H groups in total. The van der Waals surface area contributed by atoms with E-state index in [9.17, 15) is 0 Å². The maximum Gasteiger partial charge on any atom is -0.00489 e. The van der Waals surface area contributed by atoms with Crippen LogP contribution in [0.2, 0.25) is 0 Å². The van der Waals surface area contributed by atoms with E-state index in [0.717, 1.165) is 0 Å². The fourth-order valence-electron chi connectivity index (χ4n) is 2.48. The highest BCUT2D eigenvalue weighted by atomic mass is 14.9. The number of nitrogens with one attached hydrogen (secondary N) is 1. The number of piperidine rings is 1. The predicted molar refractivity (Wildman–Crippen MR) is 69.8 cm³/mol. The van der Waals surface area contributed by atoms with E-state index in [2.05, 4.69) is 29.6 Å². The zero-order valence-electron chi connectivity index (χ0n) is 10.2. The Morgan fingerprint density at radius 2 is 1.25 bits per heavy atom. The van der Waals surface area contributed by atoms with Crippen molar-refractivity contribution >= 4 is 0 Å². The third-order valence-electron chi connectivity index (χ3n) is 3.47. The van der Waals surface area contributed by atoms with Crippen LogP contribution >= 0.6 is 0 Å². The molecule has 0 aromatic heterocycles. The van der Waals surface area contributed by atoms with Gasteiger partial charge in [-0.1, -0.05) is 30.7 Å². The highest BCUT2D eigenvalue weighted by Gasteiger charge is 2.05. The first kappa shape index (κ1) is 11.7. The lowest BCUT2D eigenvalue weighted by Crippen LogP contribution is -2.21. The highest BCUT2D eigenvalue weighted by molar-refractivity contribution is 5.28. The van der Waals surface area contributed by atoms with Gasteiger partial charge in [0.1, 0.15) is 0 Å². The van der Waals surface area contributed by atoms with Crippen molar-refractivity contribution < 1.29 is 0 Å². The molecule has 1 heteroatoms. The Hall–Kier alpha value is -0.820. The Kier molecular flexibility index (Phi) is 4.88. The monoisotopic (exact) mass is 217 g/mol. The Bertz CT molecular complexity index is 266. The van der Waals surface area contributed by atoms with Crippen molar-refractivity contribution in [1.82, 2.24) is 5.32 Å². The van der Waals surface area contributed by atoms with Crippen molar-refractivity contribution in [2.45, 2.75) is 44.9 Å². The zero-order valence-corrected chi connectivity index (χ0v) is 10.2. The predicted octanol–water partition coefficient (Wildman–Crippen LogP) is 3.33. The molecule has 88 valence electrons. The summed E-state index contributed by atoms with van der Waals surface area (Å²) in [7, 11) is 0. The van der Waals surface area contributed by atoms with E-state index < -0.39 is 0 Å². The third kappa shape index (κ3) is 3.64. The fraction of sp³-hybridized carbons (Fsp3) is 0.600. The van der Waals surface area contributed by atoms with Crippen molar-refractivity contribution in [3.05, 3.63) is 35.4 Å². The quantitative estimate of drug-likeness (QED) is 0.703. The van der Waals surface area contributed by atoms with Crippen LogP contribution in [0.1, 0.15) is 43.2 Å². The summed E-state index contributed by atoms with van der Waals surface area (Å²) in [5.74, 6) is 0. The number of hydrogen-bond donors (Lipinski definition) is 1. The summed E-state index contributed by atoms with van der Waals surface area (Å²) in [6.45, 7) is 2.50. The van der Waals surface area contributed by atoms with E-state index in [1.807, 2.05) is 0 Å². The fourth-order valence-corrected chi connectivity index (χ4v) is 2.48. The van der Waals surface area contributed by atoms with Gasteiger partial charge >= 0.3 is 0 Å². The van der Waals surface area contributed by atoms with Crippen LogP contribution in [0, 0.1) is 0 Å². The molecule has 3 rings (SSSR count). The molecule has 0 saturated carbocycles. The second kappa shape index (κ2) is 6.70. The van der Waals surface area contributed by atoms with E-state index in [-0.39, 0.29) is 0 Å². The average Bonchev–Trinajstić information content (AvgIpc) is 2.42. The summed E-state index contributed by atoms with van der Waals surface area (Å²) in [6, 6.07) is 8.80. The Labute approximate surface area is 99.3 Å². The van der Waals surface area contributed by atoms with Gasteiger partial charge in [0.05, 0.1) is 0 Å². The van der Waals surface area contributed by atoms with Gasteiger partial charge in [0.2, 0.25) is 0 Å². The first-order valence-corrected chi connectivity index (χ1v) is 6.74. The maximum atomic E-state index is 3.28. The largest absolute Gasteiger partial charge is 0.317 e. The van der Waals surface area contributed by atoms with Crippen molar-refractivity contribution in [3.8, 4) is 0 Å². The van der Waals surface area contributed by atoms with Gasteiger partial charge in [-0.05, 0) is 62.7 Å². The van der Waals surface area contributed by atoms with Crippen LogP contribution in [-0.2, 0) is 12.8 Å². The average molecular weight is 217 g/mol. The van der Waals surface area contributed by atoms with Crippen LogP contribution in [0.25, 0.3) is 0 Å². The van der Waals surface area contributed by atoms with Gasteiger partial charge in [0.15, 0.2) is 0 Å². The molecule has 0 atom stereocenters. The Morgan fingerprint density at radius 3 is 1.62 bits per heavy atom. The molecule has 0 spiro atoms. The molecule has 1 saturated heterocycles. The van der Waals surface area contributed by atoms with Gasteiger partial charge in [-0.2, -0.15) is 0 Å². The van der Waals surface area contributed by atoms with E-state index in [4.69, 9.17) is 0 Å². The zero-order chi connectivity index (χ0) is 11.1. The molecule has 1 nitrogen and oxygen atoms in total. The number of rotatable bonds is 0. The molecule has 1 aliphatic heterocycles. The topological polar surface area (TPSA) is 12.0 Å². The smallest absolute Gasteiger partial charge is 0.00489 e. The molecular formula is C15H23N. The summed E-state index contributed by atoms with van der Waals surface area (Å²) in [5, 5.41) is 3.28. The third-order valence-corrected chi connectivity index (χ3v) is 3.47. The standard InChI is InChI=1S/C10H12.C5H11N/c1-2-6-10-8-4-3-7-9(10)5-1;1-2-4-6-5-3-1/h1-2,5-6H,3-4,7-8H2;6H,1-5H2. The Balaban J connectivity index is 0.000000138. The van der Waals surface area contributed by atoms with Crippen LogP contribution in [0.5, 0.6) is 0 Å². The number of aryl methyl sites for hydroxylation is 2. The summed E-state index contributed by atoms with van der Waals surface area (Å²) < 4.78 is 0. The van der Waals surface area contributed by atoms with Crippen molar-refractivity contribution in [2.75, 3.05) is 13.1 Å². The number of fused-ring (bicyclic) bond motifs is 1. The summed E-state index contributed by atoms with van der Waals surface area (Å²) in [5.41, 5.74) is 3.16. The van der Waals surface area contributed by atoms with Crippen LogP contribution in [0.15, 0.2) is 24.3 Å². The van der Waals surface area contributed by atoms with Crippen LogP contribution < -0.4 is 5.32 Å². The molecular weight excluding hydrogens is 194 g/mol. The maximum absolute atomic E-state index is 3.28. The van der Waals surface area contributed by atoms with Gasteiger partial charge in [0, 0.05) is 0 Å². The normalized spacial score (nSPS) is 19.2. The first-order valence-electron chi connectivity index (χ1n) is 6.74. The van der Waals surface area contributed by atoms with Crippen molar-refractivity contribution in [3.63, 3.8) is 0 Å². The van der Waals surface area contributed by atoms with E-state index in [0.29, 0.717) is 0 Å². The van der Waals surface area contributed by atoms with E-state index in [1.54, 1.807) is 11.1 Å². The second-order valence-electron chi connectivity index (χ2n) is 4.79. The molecule has 1 aliphatic carbocycles. The molecule has 1 heterocycles. The van der Waals surface area contributed by atoms with Crippen LogP contribution in [0.4, 0.5) is 0 Å². The molecule has 1 aromatic rings.